The number of carbonyl (C=O) groups excluding carboxylic acids is 2. The number of nitrogens with one attached hydrogen (secondary N) is 1. The van der Waals surface area contributed by atoms with Crippen molar-refractivity contribution in [1.82, 2.24) is 5.32 Å². The Balaban J connectivity index is 1.34. The summed E-state index contributed by atoms with van der Waals surface area (Å²) < 4.78 is 0. The van der Waals surface area contributed by atoms with Crippen LogP contribution in [0.25, 0.3) is 0 Å². The number of amides is 1. The van der Waals surface area contributed by atoms with Crippen LogP contribution in [0.2, 0.25) is 0 Å². The Morgan fingerprint density at radius 3 is 2.56 bits per heavy atom. The molecule has 0 aromatic rings. The Labute approximate surface area is 213 Å². The average Bonchev–Trinajstić information content (AvgIpc) is 3.11. The number of nitrogens with zero attached hydrogens (tertiary/aromatic N) is 1. The highest BCUT2D eigenvalue weighted by molar-refractivity contribution is 5.96. The second-order valence-electron chi connectivity index (χ2n) is 12.0. The maximum Gasteiger partial charge on any atom is 0.303 e. The van der Waals surface area contributed by atoms with Crippen molar-refractivity contribution in [3.8, 4) is 0 Å². The van der Waals surface area contributed by atoms with Crippen LogP contribution in [-0.4, -0.2) is 52.3 Å². The van der Waals surface area contributed by atoms with Gasteiger partial charge >= 0.3 is 5.97 Å². The maximum atomic E-state index is 12.4. The highest BCUT2D eigenvalue weighted by Crippen LogP contribution is 2.67. The van der Waals surface area contributed by atoms with Crippen molar-refractivity contribution in [2.24, 2.45) is 33.7 Å². The van der Waals surface area contributed by atoms with Crippen LogP contribution in [0.4, 0.5) is 0 Å². The summed E-state index contributed by atoms with van der Waals surface area (Å²) in [6.07, 6.45) is 10.8. The molecular weight excluding hydrogens is 460 g/mol. The predicted octanol–water partition coefficient (Wildman–Crippen LogP) is 4.01. The number of hydrogen-bond acceptors (Lipinski definition) is 6. The van der Waals surface area contributed by atoms with Crippen molar-refractivity contribution in [1.29, 1.82) is 0 Å². The number of ketones is 1. The molecule has 3 saturated carbocycles. The Bertz CT molecular complexity index is 960. The molecule has 3 fully saturated rings. The van der Waals surface area contributed by atoms with Crippen molar-refractivity contribution >= 4 is 23.4 Å². The third kappa shape index (κ3) is 4.73. The summed E-state index contributed by atoms with van der Waals surface area (Å²) in [6.45, 7) is 6.39. The van der Waals surface area contributed by atoms with Gasteiger partial charge in [-0.05, 0) is 100 Å². The first-order valence-corrected chi connectivity index (χ1v) is 13.6. The minimum atomic E-state index is -1.17. The molecule has 6 atom stereocenters. The summed E-state index contributed by atoms with van der Waals surface area (Å²) in [4.78, 5) is 40.2. The molecule has 0 aliphatic heterocycles. The molecule has 4 aliphatic rings. The zero-order valence-electron chi connectivity index (χ0n) is 22.0. The smallest absolute Gasteiger partial charge is 0.303 e. The lowest BCUT2D eigenvalue weighted by atomic mass is 9.46. The molecule has 4 rings (SSSR count). The number of aliphatic hydroxyl groups is 1. The third-order valence-corrected chi connectivity index (χ3v) is 10.2. The normalized spacial score (nSPS) is 38.4. The van der Waals surface area contributed by atoms with Gasteiger partial charge in [0.1, 0.15) is 5.60 Å². The summed E-state index contributed by atoms with van der Waals surface area (Å²) in [7, 11) is 0. The lowest BCUT2D eigenvalue weighted by Crippen LogP contribution is -2.57. The first-order chi connectivity index (χ1) is 17.0. The fourth-order valence-electron chi connectivity index (χ4n) is 8.09. The largest absolute Gasteiger partial charge is 0.481 e. The van der Waals surface area contributed by atoms with E-state index in [0.29, 0.717) is 43.6 Å². The molecule has 0 heterocycles. The molecule has 0 saturated heterocycles. The maximum absolute atomic E-state index is 12.4. The number of Topliss-reactive ketones (excluding diaryl/α,β-unsaturated/α-hetero) is 1. The molecule has 0 bridgehead atoms. The molecular formula is C28H42N2O6. The van der Waals surface area contributed by atoms with E-state index in [2.05, 4.69) is 30.4 Å². The number of hydrogen-bond donors (Lipinski definition) is 3. The predicted molar refractivity (Wildman–Crippen MR) is 135 cm³/mol. The Kier molecular flexibility index (Phi) is 7.65. The summed E-state index contributed by atoms with van der Waals surface area (Å²) >= 11 is 0. The van der Waals surface area contributed by atoms with Gasteiger partial charge in [-0.3, -0.25) is 14.4 Å². The van der Waals surface area contributed by atoms with Crippen LogP contribution in [0, 0.1) is 28.6 Å². The highest BCUT2D eigenvalue weighted by atomic mass is 16.6. The lowest BCUT2D eigenvalue weighted by molar-refractivity contribution is -0.159. The number of carbonyl (C=O) groups is 3. The Morgan fingerprint density at radius 1 is 1.08 bits per heavy atom. The number of rotatable bonds is 9. The van der Waals surface area contributed by atoms with E-state index in [4.69, 9.17) is 9.94 Å². The zero-order chi connectivity index (χ0) is 26.1. The van der Waals surface area contributed by atoms with Gasteiger partial charge in [0.15, 0.2) is 12.4 Å². The number of aliphatic carboxylic acids is 1. The molecule has 0 aromatic carbocycles. The van der Waals surface area contributed by atoms with Crippen molar-refractivity contribution in [3.05, 3.63) is 11.6 Å². The molecule has 1 amide bonds. The third-order valence-electron chi connectivity index (χ3n) is 10.2. The van der Waals surface area contributed by atoms with Gasteiger partial charge in [0.2, 0.25) is 0 Å². The molecule has 8 heteroatoms. The van der Waals surface area contributed by atoms with E-state index in [1.54, 1.807) is 6.92 Å². The van der Waals surface area contributed by atoms with Crippen LogP contribution >= 0.6 is 0 Å². The minimum absolute atomic E-state index is 0.0704. The quantitative estimate of drug-likeness (QED) is 0.323. The number of oxime groups is 1. The summed E-state index contributed by atoms with van der Waals surface area (Å²) in [5.41, 5.74) is 0.914. The summed E-state index contributed by atoms with van der Waals surface area (Å²) in [5.74, 6) is 0.333. The lowest BCUT2D eigenvalue weighted by Gasteiger charge is -2.59. The van der Waals surface area contributed by atoms with Gasteiger partial charge in [0, 0.05) is 18.4 Å². The first kappa shape index (κ1) is 26.8. The molecule has 8 nitrogen and oxygen atoms in total. The van der Waals surface area contributed by atoms with Gasteiger partial charge in [-0.25, -0.2) is 0 Å². The average molecular weight is 503 g/mol. The van der Waals surface area contributed by atoms with Crippen molar-refractivity contribution in [2.75, 3.05) is 13.2 Å². The molecule has 0 aromatic heterocycles. The van der Waals surface area contributed by atoms with Gasteiger partial charge < -0.3 is 20.4 Å². The number of carboxylic acids is 1. The van der Waals surface area contributed by atoms with Crippen LogP contribution in [0.3, 0.4) is 0 Å². The van der Waals surface area contributed by atoms with Gasteiger partial charge in [-0.1, -0.05) is 24.6 Å². The minimum Gasteiger partial charge on any atom is -0.481 e. The van der Waals surface area contributed by atoms with Crippen LogP contribution in [0.5, 0.6) is 0 Å². The van der Waals surface area contributed by atoms with E-state index in [1.807, 2.05) is 0 Å². The SMILES string of the molecule is CC(=O)[C@@]1(O)CC[C@H]2[C@@H]3CCC4=C/C(=N/OCC(=O)NCCCCC(=O)O)CC[C@]4(C)[C@H]3CC[C@@]21C. The van der Waals surface area contributed by atoms with Crippen LogP contribution < -0.4 is 5.32 Å². The van der Waals surface area contributed by atoms with Crippen molar-refractivity contribution in [3.63, 3.8) is 0 Å². The second-order valence-corrected chi connectivity index (χ2v) is 12.0. The molecule has 0 spiro atoms. The number of unbranched alkanes of at least 4 members (excludes halogenated alkanes) is 1. The van der Waals surface area contributed by atoms with E-state index in [-0.39, 0.29) is 35.5 Å². The van der Waals surface area contributed by atoms with E-state index in [9.17, 15) is 19.5 Å². The number of carboxylic acid groups (broad SMARTS) is 1. The molecule has 36 heavy (non-hydrogen) atoms. The van der Waals surface area contributed by atoms with Gasteiger partial charge in [-0.15, -0.1) is 0 Å². The van der Waals surface area contributed by atoms with Gasteiger partial charge in [-0.2, -0.15) is 0 Å². The molecule has 3 N–H and O–H groups in total. The highest BCUT2D eigenvalue weighted by Gasteiger charge is 2.65. The zero-order valence-corrected chi connectivity index (χ0v) is 22.0. The van der Waals surface area contributed by atoms with Crippen LogP contribution in [-0.2, 0) is 19.2 Å². The fraction of sp³-hybridized carbons (Fsp3) is 0.786. The fourth-order valence-corrected chi connectivity index (χ4v) is 8.09. The van der Waals surface area contributed by atoms with E-state index >= 15 is 0 Å². The van der Waals surface area contributed by atoms with Crippen molar-refractivity contribution < 1.29 is 29.4 Å². The molecule has 200 valence electrons. The van der Waals surface area contributed by atoms with Crippen LogP contribution in [0.1, 0.15) is 91.4 Å². The molecule has 0 unspecified atom stereocenters. The monoisotopic (exact) mass is 502 g/mol. The number of fused-ring (bicyclic) bond motifs is 5. The van der Waals surface area contributed by atoms with E-state index in [1.165, 1.54) is 5.57 Å². The van der Waals surface area contributed by atoms with Crippen LogP contribution in [0.15, 0.2) is 16.8 Å². The first-order valence-electron chi connectivity index (χ1n) is 13.6. The summed E-state index contributed by atoms with van der Waals surface area (Å²) in [6, 6.07) is 0. The van der Waals surface area contributed by atoms with E-state index < -0.39 is 11.6 Å². The van der Waals surface area contributed by atoms with Crippen molar-refractivity contribution in [2.45, 2.75) is 97.0 Å². The Hall–Kier alpha value is -2.22. The Morgan fingerprint density at radius 2 is 1.83 bits per heavy atom. The van der Waals surface area contributed by atoms with E-state index in [0.717, 1.165) is 50.7 Å². The number of allylic oxidation sites excluding steroid dienone is 2. The van der Waals surface area contributed by atoms with Gasteiger partial charge in [0.05, 0.1) is 5.71 Å². The topological polar surface area (TPSA) is 125 Å². The summed E-state index contributed by atoms with van der Waals surface area (Å²) in [5, 5.41) is 26.9. The molecule has 4 aliphatic carbocycles. The second kappa shape index (κ2) is 10.3. The standard InChI is InChI=1S/C28H42N2O6/c1-18(31)28(35)14-11-23-21-8-7-19-16-20(9-12-26(19,2)22(21)10-13-27(23,28)3)30-36-17-24(32)29-15-5-4-6-25(33)34/h16,21-23,35H,4-15,17H2,1-3H3,(H,29,32)(H,33,34)/b30-20+/t21-,22+,23+,26+,27+,28+/m1/s1. The van der Waals surface area contributed by atoms with Gasteiger partial charge in [0.25, 0.3) is 5.91 Å². The molecule has 0 radical (unpaired) electrons.